The van der Waals surface area contributed by atoms with Crippen molar-refractivity contribution < 1.29 is 27.5 Å². The molecule has 158 valence electrons. The van der Waals surface area contributed by atoms with Gasteiger partial charge in [-0.3, -0.25) is 9.69 Å². The number of methoxy groups -OCH3 is 1. The predicted molar refractivity (Wildman–Crippen MR) is 103 cm³/mol. The van der Waals surface area contributed by atoms with Crippen LogP contribution in [0.3, 0.4) is 0 Å². The Morgan fingerprint density at radius 1 is 1.28 bits per heavy atom. The first-order valence-electron chi connectivity index (χ1n) is 9.06. The first-order chi connectivity index (χ1) is 13.7. The number of thiophene rings is 1. The summed E-state index contributed by atoms with van der Waals surface area (Å²) >= 11 is 0.824. The maximum atomic E-state index is 13.6. The van der Waals surface area contributed by atoms with Crippen molar-refractivity contribution in [2.45, 2.75) is 13.1 Å². The Bertz CT molecular complexity index is 908. The van der Waals surface area contributed by atoms with Crippen LogP contribution in [0, 0.1) is 0 Å². The highest BCUT2D eigenvalue weighted by Gasteiger charge is 2.36. The normalized spacial score (nSPS) is 15.6. The number of hydrogen-bond donors (Lipinski definition) is 1. The summed E-state index contributed by atoms with van der Waals surface area (Å²) in [4.78, 5) is 31.7. The molecule has 0 atom stereocenters. The van der Waals surface area contributed by atoms with Crippen LogP contribution in [-0.2, 0) is 15.7 Å². The van der Waals surface area contributed by atoms with E-state index >= 15 is 0 Å². The minimum absolute atomic E-state index is 0.00331. The van der Waals surface area contributed by atoms with E-state index in [0.29, 0.717) is 32.7 Å². The first kappa shape index (κ1) is 21.3. The number of piperazine rings is 1. The fourth-order valence-electron chi connectivity index (χ4n) is 3.21. The third-order valence-corrected chi connectivity index (χ3v) is 5.66. The van der Waals surface area contributed by atoms with Gasteiger partial charge in [0, 0.05) is 38.1 Å². The number of hydrogen-bond acceptors (Lipinski definition) is 7. The average molecular weight is 430 g/mol. The van der Waals surface area contributed by atoms with Crippen LogP contribution >= 0.6 is 11.3 Å². The average Bonchev–Trinajstić information content (AvgIpc) is 3.10. The van der Waals surface area contributed by atoms with E-state index in [1.807, 2.05) is 11.8 Å². The summed E-state index contributed by atoms with van der Waals surface area (Å²) in [5.74, 6) is -0.646. The molecule has 1 aliphatic rings. The number of esters is 1. The van der Waals surface area contributed by atoms with Crippen molar-refractivity contribution in [1.82, 2.24) is 15.2 Å². The van der Waals surface area contributed by atoms with Gasteiger partial charge >= 0.3 is 12.1 Å². The molecule has 11 heteroatoms. The lowest BCUT2D eigenvalue weighted by molar-refractivity contribution is -0.136. The Morgan fingerprint density at radius 2 is 1.97 bits per heavy atom. The number of likely N-dealkylation sites (N-methyl/N-ethyl adjacent to an activating group) is 1. The van der Waals surface area contributed by atoms with Gasteiger partial charge in [-0.25, -0.2) is 9.78 Å². The van der Waals surface area contributed by atoms with Gasteiger partial charge in [-0.05, 0) is 13.0 Å². The highest BCUT2D eigenvalue weighted by Crippen LogP contribution is 2.40. The van der Waals surface area contributed by atoms with Crippen molar-refractivity contribution >= 4 is 39.2 Å². The highest BCUT2D eigenvalue weighted by molar-refractivity contribution is 7.17. The molecule has 0 saturated carbocycles. The first-order valence-corrected chi connectivity index (χ1v) is 9.94. The quantitative estimate of drug-likeness (QED) is 0.735. The number of anilines is 1. The molecule has 7 nitrogen and oxygen atoms in total. The van der Waals surface area contributed by atoms with Crippen molar-refractivity contribution in [2.24, 2.45) is 0 Å². The molecule has 2 aromatic heterocycles. The molecule has 0 unspecified atom stereocenters. The minimum atomic E-state index is -4.58. The lowest BCUT2D eigenvalue weighted by Gasteiger charge is -2.35. The van der Waals surface area contributed by atoms with Gasteiger partial charge in [0.1, 0.15) is 5.82 Å². The number of halogens is 3. The fourth-order valence-corrected chi connectivity index (χ4v) is 4.23. The van der Waals surface area contributed by atoms with Crippen molar-refractivity contribution in [2.75, 3.05) is 51.3 Å². The molecule has 0 bridgehead atoms. The molecule has 3 heterocycles. The summed E-state index contributed by atoms with van der Waals surface area (Å²) < 4.78 is 45.5. The molecule has 1 saturated heterocycles. The zero-order valence-electron chi connectivity index (χ0n) is 16.0. The molecule has 0 aliphatic carbocycles. The van der Waals surface area contributed by atoms with Gasteiger partial charge in [-0.1, -0.05) is 0 Å². The Hall–Kier alpha value is -2.40. The maximum absolute atomic E-state index is 13.6. The van der Waals surface area contributed by atoms with E-state index in [-0.39, 0.29) is 34.0 Å². The van der Waals surface area contributed by atoms with E-state index in [1.54, 1.807) is 4.90 Å². The van der Waals surface area contributed by atoms with Crippen LogP contribution in [-0.4, -0.2) is 68.1 Å². The van der Waals surface area contributed by atoms with E-state index in [9.17, 15) is 22.8 Å². The summed E-state index contributed by atoms with van der Waals surface area (Å²) in [6.45, 7) is 4.52. The van der Waals surface area contributed by atoms with E-state index in [1.165, 1.54) is 12.5 Å². The van der Waals surface area contributed by atoms with Crippen LogP contribution in [0.1, 0.15) is 22.8 Å². The van der Waals surface area contributed by atoms with Gasteiger partial charge in [0.2, 0.25) is 5.91 Å². The predicted octanol–water partition coefficient (Wildman–Crippen LogP) is 2.36. The third-order valence-electron chi connectivity index (χ3n) is 4.66. The van der Waals surface area contributed by atoms with E-state index in [4.69, 9.17) is 0 Å². The third kappa shape index (κ3) is 4.61. The number of nitrogens with one attached hydrogen (secondary N) is 1. The SMILES string of the molecule is CCNC(=O)CN1CCN(c2cc(C(F)(F)F)c3scc(C(=O)OC)c3n2)CC1. The van der Waals surface area contributed by atoms with E-state index in [0.717, 1.165) is 17.4 Å². The van der Waals surface area contributed by atoms with Gasteiger partial charge in [0.25, 0.3) is 0 Å². The van der Waals surface area contributed by atoms with Crippen LogP contribution < -0.4 is 10.2 Å². The zero-order valence-corrected chi connectivity index (χ0v) is 16.8. The van der Waals surface area contributed by atoms with E-state index < -0.39 is 17.7 Å². The molecule has 1 N–H and O–H groups in total. The smallest absolute Gasteiger partial charge is 0.417 e. The van der Waals surface area contributed by atoms with Crippen molar-refractivity contribution in [3.63, 3.8) is 0 Å². The monoisotopic (exact) mass is 430 g/mol. The number of amides is 1. The van der Waals surface area contributed by atoms with Crippen molar-refractivity contribution in [3.05, 3.63) is 22.6 Å². The molecule has 29 heavy (non-hydrogen) atoms. The molecule has 1 amide bonds. The van der Waals surface area contributed by atoms with Gasteiger partial charge in [-0.2, -0.15) is 13.2 Å². The van der Waals surface area contributed by atoms with Crippen LogP contribution in [0.15, 0.2) is 11.4 Å². The number of carbonyl (C=O) groups excluding carboxylic acids is 2. The van der Waals surface area contributed by atoms with Crippen LogP contribution in [0.4, 0.5) is 19.0 Å². The Kier molecular flexibility index (Phi) is 6.27. The molecular formula is C18H21F3N4O3S. The second-order valence-electron chi connectivity index (χ2n) is 6.56. The largest absolute Gasteiger partial charge is 0.465 e. The Morgan fingerprint density at radius 3 is 2.55 bits per heavy atom. The second-order valence-corrected chi connectivity index (χ2v) is 7.44. The van der Waals surface area contributed by atoms with Crippen LogP contribution in [0.2, 0.25) is 0 Å². The number of ether oxygens (including phenoxy) is 1. The van der Waals surface area contributed by atoms with Crippen molar-refractivity contribution in [3.8, 4) is 0 Å². The minimum Gasteiger partial charge on any atom is -0.465 e. The molecule has 1 fully saturated rings. The summed E-state index contributed by atoms with van der Waals surface area (Å²) in [7, 11) is 1.17. The number of nitrogens with zero attached hydrogens (tertiary/aromatic N) is 3. The second kappa shape index (κ2) is 8.54. The molecule has 0 aromatic carbocycles. The summed E-state index contributed by atoms with van der Waals surface area (Å²) in [5, 5.41) is 4.07. The number of carbonyl (C=O) groups is 2. The molecule has 2 aromatic rings. The number of alkyl halides is 3. The van der Waals surface area contributed by atoms with Gasteiger partial charge in [-0.15, -0.1) is 11.3 Å². The summed E-state index contributed by atoms with van der Waals surface area (Å²) in [5.41, 5.74) is -0.798. The molecule has 0 spiro atoms. The maximum Gasteiger partial charge on any atom is 0.417 e. The molecular weight excluding hydrogens is 409 g/mol. The summed E-state index contributed by atoms with van der Waals surface area (Å²) in [6.07, 6.45) is -4.58. The number of aromatic nitrogens is 1. The van der Waals surface area contributed by atoms with Crippen LogP contribution in [0.25, 0.3) is 10.2 Å². The topological polar surface area (TPSA) is 74.8 Å². The van der Waals surface area contributed by atoms with E-state index in [2.05, 4.69) is 15.0 Å². The number of rotatable bonds is 5. The standard InChI is InChI=1S/C18H21F3N4O3S/c1-3-22-14(26)9-24-4-6-25(7-5-24)13-8-12(18(19,20)21)16-15(23-13)11(10-29-16)17(27)28-2/h8,10H,3-7,9H2,1-2H3,(H,22,26). The fraction of sp³-hybridized carbons (Fsp3) is 0.500. The van der Waals surface area contributed by atoms with Gasteiger partial charge in [0.15, 0.2) is 0 Å². The number of fused-ring (bicyclic) bond motifs is 1. The zero-order chi connectivity index (χ0) is 21.2. The number of pyridine rings is 1. The van der Waals surface area contributed by atoms with Crippen LogP contribution in [0.5, 0.6) is 0 Å². The Balaban J connectivity index is 1.88. The molecule has 3 rings (SSSR count). The van der Waals surface area contributed by atoms with Crippen molar-refractivity contribution in [1.29, 1.82) is 0 Å². The molecule has 0 radical (unpaired) electrons. The lowest BCUT2D eigenvalue weighted by Crippen LogP contribution is -2.49. The van der Waals surface area contributed by atoms with Gasteiger partial charge < -0.3 is 15.0 Å². The molecule has 1 aliphatic heterocycles. The highest BCUT2D eigenvalue weighted by atomic mass is 32.1. The van der Waals surface area contributed by atoms with Gasteiger partial charge in [0.05, 0.1) is 35.0 Å². The summed E-state index contributed by atoms with van der Waals surface area (Å²) in [6, 6.07) is 1.03. The lowest BCUT2D eigenvalue weighted by atomic mass is 10.1. The Labute approximate surface area is 169 Å².